The summed E-state index contributed by atoms with van der Waals surface area (Å²) in [6.07, 6.45) is 2.29. The van der Waals surface area contributed by atoms with Gasteiger partial charge in [-0.15, -0.1) is 0 Å². The maximum absolute atomic E-state index is 11.3. The van der Waals surface area contributed by atoms with Crippen LogP contribution >= 0.6 is 11.8 Å². The van der Waals surface area contributed by atoms with Crippen molar-refractivity contribution < 1.29 is 4.79 Å². The normalized spacial score (nSPS) is 16.9. The highest BCUT2D eigenvalue weighted by atomic mass is 32.2. The summed E-state index contributed by atoms with van der Waals surface area (Å²) in [6.45, 7) is 1.88. The molecule has 0 amide bonds. The molecule has 78 valence electrons. The SMILES string of the molecule is CCC(=O)C=C1Sc2ccccc2N1C. The van der Waals surface area contributed by atoms with Gasteiger partial charge in [0, 0.05) is 24.4 Å². The Morgan fingerprint density at radius 2 is 2.20 bits per heavy atom. The van der Waals surface area contributed by atoms with E-state index < -0.39 is 0 Å². The number of anilines is 1. The van der Waals surface area contributed by atoms with E-state index in [2.05, 4.69) is 17.0 Å². The van der Waals surface area contributed by atoms with Crippen LogP contribution in [-0.2, 0) is 4.79 Å². The standard InChI is InChI=1S/C12H13NOS/c1-3-9(14)8-12-13(2)10-6-4-5-7-11(10)15-12/h4-8H,3H2,1-2H3. The van der Waals surface area contributed by atoms with E-state index in [1.807, 2.05) is 26.1 Å². The monoisotopic (exact) mass is 219 g/mol. The minimum absolute atomic E-state index is 0.178. The van der Waals surface area contributed by atoms with E-state index in [1.54, 1.807) is 17.8 Å². The van der Waals surface area contributed by atoms with Crippen LogP contribution in [0.4, 0.5) is 5.69 Å². The van der Waals surface area contributed by atoms with Crippen LogP contribution in [0, 0.1) is 0 Å². The highest BCUT2D eigenvalue weighted by Crippen LogP contribution is 2.44. The van der Waals surface area contributed by atoms with Crippen LogP contribution in [-0.4, -0.2) is 12.8 Å². The summed E-state index contributed by atoms with van der Waals surface area (Å²) in [6, 6.07) is 8.18. The zero-order valence-electron chi connectivity index (χ0n) is 8.86. The van der Waals surface area contributed by atoms with Crippen molar-refractivity contribution in [2.45, 2.75) is 18.2 Å². The number of carbonyl (C=O) groups is 1. The van der Waals surface area contributed by atoms with Gasteiger partial charge in [-0.2, -0.15) is 0 Å². The lowest BCUT2D eigenvalue weighted by atomic mass is 10.3. The van der Waals surface area contributed by atoms with Gasteiger partial charge in [0.1, 0.15) is 0 Å². The van der Waals surface area contributed by atoms with E-state index in [-0.39, 0.29) is 5.78 Å². The number of allylic oxidation sites excluding steroid dienone is 1. The number of rotatable bonds is 2. The lowest BCUT2D eigenvalue weighted by Gasteiger charge is -2.12. The van der Waals surface area contributed by atoms with Gasteiger partial charge >= 0.3 is 0 Å². The molecule has 2 nitrogen and oxygen atoms in total. The zero-order chi connectivity index (χ0) is 10.8. The van der Waals surface area contributed by atoms with Gasteiger partial charge in [0.15, 0.2) is 5.78 Å². The largest absolute Gasteiger partial charge is 0.338 e. The molecule has 0 saturated carbocycles. The Morgan fingerprint density at radius 3 is 2.87 bits per heavy atom. The van der Waals surface area contributed by atoms with Crippen molar-refractivity contribution >= 4 is 23.2 Å². The van der Waals surface area contributed by atoms with Crippen LogP contribution < -0.4 is 4.90 Å². The number of fused-ring (bicyclic) bond motifs is 1. The van der Waals surface area contributed by atoms with Crippen molar-refractivity contribution in [3.63, 3.8) is 0 Å². The van der Waals surface area contributed by atoms with Crippen molar-refractivity contribution in [3.8, 4) is 0 Å². The fourth-order valence-electron chi connectivity index (χ4n) is 1.49. The molecule has 3 heteroatoms. The summed E-state index contributed by atoms with van der Waals surface area (Å²) < 4.78 is 0. The number of para-hydroxylation sites is 1. The average molecular weight is 219 g/mol. The predicted octanol–water partition coefficient (Wildman–Crippen LogP) is 3.05. The van der Waals surface area contributed by atoms with Crippen LogP contribution in [0.25, 0.3) is 0 Å². The van der Waals surface area contributed by atoms with Gasteiger partial charge in [-0.25, -0.2) is 0 Å². The molecule has 0 atom stereocenters. The van der Waals surface area contributed by atoms with Gasteiger partial charge in [0.2, 0.25) is 0 Å². The molecule has 0 spiro atoms. The first-order valence-electron chi connectivity index (χ1n) is 4.97. The fraction of sp³-hybridized carbons (Fsp3) is 0.250. The van der Waals surface area contributed by atoms with Crippen molar-refractivity contribution in [1.82, 2.24) is 0 Å². The quantitative estimate of drug-likeness (QED) is 0.713. The number of ketones is 1. The van der Waals surface area contributed by atoms with Crippen molar-refractivity contribution in [3.05, 3.63) is 35.4 Å². The number of thioether (sulfide) groups is 1. The van der Waals surface area contributed by atoms with E-state index in [1.165, 1.54) is 10.6 Å². The summed E-state index contributed by atoms with van der Waals surface area (Å²) in [7, 11) is 1.99. The Kier molecular flexibility index (Phi) is 2.82. The third-order valence-electron chi connectivity index (χ3n) is 2.40. The van der Waals surface area contributed by atoms with E-state index in [4.69, 9.17) is 0 Å². The molecule has 0 fully saturated rings. The van der Waals surface area contributed by atoms with Gasteiger partial charge in [-0.1, -0.05) is 30.8 Å². The third-order valence-corrected chi connectivity index (χ3v) is 3.57. The van der Waals surface area contributed by atoms with Crippen molar-refractivity contribution in [1.29, 1.82) is 0 Å². The molecule has 1 aliphatic heterocycles. The van der Waals surface area contributed by atoms with E-state index in [0.29, 0.717) is 6.42 Å². The summed E-state index contributed by atoms with van der Waals surface area (Å²) in [5.41, 5.74) is 1.18. The molecule has 0 bridgehead atoms. The molecule has 1 aromatic carbocycles. The molecule has 0 aromatic heterocycles. The Bertz CT molecular complexity index is 425. The molecule has 0 unspecified atom stereocenters. The summed E-state index contributed by atoms with van der Waals surface area (Å²) in [5.74, 6) is 0.178. The maximum atomic E-state index is 11.3. The number of benzene rings is 1. The maximum Gasteiger partial charge on any atom is 0.158 e. The van der Waals surface area contributed by atoms with Crippen LogP contribution in [0.5, 0.6) is 0 Å². The van der Waals surface area contributed by atoms with Crippen molar-refractivity contribution in [2.75, 3.05) is 11.9 Å². The molecular weight excluding hydrogens is 206 g/mol. The topological polar surface area (TPSA) is 20.3 Å². The Balaban J connectivity index is 2.31. The Hall–Kier alpha value is -1.22. The minimum Gasteiger partial charge on any atom is -0.338 e. The fourth-order valence-corrected chi connectivity index (χ4v) is 2.59. The summed E-state index contributed by atoms with van der Waals surface area (Å²) >= 11 is 1.65. The first-order chi connectivity index (χ1) is 7.22. The molecule has 1 heterocycles. The van der Waals surface area contributed by atoms with E-state index in [0.717, 1.165) is 5.03 Å². The summed E-state index contributed by atoms with van der Waals surface area (Å²) in [4.78, 5) is 14.6. The molecule has 15 heavy (non-hydrogen) atoms. The smallest absolute Gasteiger partial charge is 0.158 e. The molecule has 1 aliphatic rings. The van der Waals surface area contributed by atoms with Crippen LogP contribution in [0.15, 0.2) is 40.3 Å². The van der Waals surface area contributed by atoms with E-state index >= 15 is 0 Å². The number of nitrogens with zero attached hydrogens (tertiary/aromatic N) is 1. The Morgan fingerprint density at radius 1 is 1.47 bits per heavy atom. The van der Waals surface area contributed by atoms with Gasteiger partial charge in [-0.05, 0) is 12.1 Å². The van der Waals surface area contributed by atoms with Gasteiger partial charge in [-0.3, -0.25) is 4.79 Å². The average Bonchev–Trinajstić information content (AvgIpc) is 2.57. The van der Waals surface area contributed by atoms with Gasteiger partial charge in [0.25, 0.3) is 0 Å². The predicted molar refractivity (Wildman–Crippen MR) is 64.1 cm³/mol. The zero-order valence-corrected chi connectivity index (χ0v) is 9.67. The second kappa shape index (κ2) is 4.11. The van der Waals surface area contributed by atoms with Gasteiger partial charge in [0.05, 0.1) is 10.7 Å². The lowest BCUT2D eigenvalue weighted by molar-refractivity contribution is -0.114. The second-order valence-electron chi connectivity index (χ2n) is 3.43. The van der Waals surface area contributed by atoms with E-state index in [9.17, 15) is 4.79 Å². The minimum atomic E-state index is 0.178. The summed E-state index contributed by atoms with van der Waals surface area (Å²) in [5, 5.41) is 1.02. The molecular formula is C12H13NOS. The Labute approximate surface area is 94.0 Å². The number of hydrogen-bond donors (Lipinski definition) is 0. The molecule has 2 rings (SSSR count). The van der Waals surface area contributed by atoms with Crippen LogP contribution in [0.1, 0.15) is 13.3 Å². The first kappa shape index (κ1) is 10.3. The molecule has 0 radical (unpaired) electrons. The molecule has 0 aliphatic carbocycles. The molecule has 0 N–H and O–H groups in total. The van der Waals surface area contributed by atoms with Crippen LogP contribution in [0.3, 0.4) is 0 Å². The molecule has 0 saturated heterocycles. The number of carbonyl (C=O) groups excluding carboxylic acids is 1. The lowest BCUT2D eigenvalue weighted by Crippen LogP contribution is -2.10. The van der Waals surface area contributed by atoms with Gasteiger partial charge < -0.3 is 4.90 Å². The first-order valence-corrected chi connectivity index (χ1v) is 5.79. The highest BCUT2D eigenvalue weighted by molar-refractivity contribution is 8.03. The second-order valence-corrected chi connectivity index (χ2v) is 4.49. The van der Waals surface area contributed by atoms with Crippen LogP contribution in [0.2, 0.25) is 0 Å². The number of hydrogen-bond acceptors (Lipinski definition) is 3. The highest BCUT2D eigenvalue weighted by Gasteiger charge is 2.21. The molecule has 1 aromatic rings. The third kappa shape index (κ3) is 1.92. The van der Waals surface area contributed by atoms with Crippen molar-refractivity contribution in [2.24, 2.45) is 0 Å².